The summed E-state index contributed by atoms with van der Waals surface area (Å²) in [5.41, 5.74) is 2.46. The van der Waals surface area contributed by atoms with E-state index in [1.165, 1.54) is 10.0 Å². The van der Waals surface area contributed by atoms with Crippen LogP contribution in [-0.2, 0) is 13.1 Å². The van der Waals surface area contributed by atoms with E-state index < -0.39 is 0 Å². The number of methoxy groups -OCH3 is 3. The molecule has 1 aliphatic heterocycles. The fourth-order valence-electron chi connectivity index (χ4n) is 3.43. The molecule has 0 amide bonds. The highest BCUT2D eigenvalue weighted by Crippen LogP contribution is 2.35. The largest absolute Gasteiger partial charge is 0.496 e. The van der Waals surface area contributed by atoms with Crippen molar-refractivity contribution in [2.45, 2.75) is 13.1 Å². The SMILES string of the molecule is COc1cc(OC)c(OC)cc1CN1CCN(Cc2ccccc2Br)CC1. The Morgan fingerprint density at radius 3 is 1.81 bits per heavy atom. The summed E-state index contributed by atoms with van der Waals surface area (Å²) in [6.07, 6.45) is 0. The third kappa shape index (κ3) is 4.94. The Kier molecular flexibility index (Phi) is 6.99. The zero-order valence-corrected chi connectivity index (χ0v) is 17.8. The number of rotatable bonds is 7. The molecule has 5 nitrogen and oxygen atoms in total. The van der Waals surface area contributed by atoms with Crippen molar-refractivity contribution >= 4 is 15.9 Å². The van der Waals surface area contributed by atoms with E-state index in [1.54, 1.807) is 21.3 Å². The van der Waals surface area contributed by atoms with Gasteiger partial charge in [-0.2, -0.15) is 0 Å². The number of nitrogens with zero attached hydrogens (tertiary/aromatic N) is 2. The number of halogens is 1. The van der Waals surface area contributed by atoms with Gasteiger partial charge < -0.3 is 14.2 Å². The summed E-state index contributed by atoms with van der Waals surface area (Å²) in [5.74, 6) is 2.26. The Labute approximate surface area is 169 Å². The van der Waals surface area contributed by atoms with Gasteiger partial charge in [-0.15, -0.1) is 0 Å². The lowest BCUT2D eigenvalue weighted by Gasteiger charge is -2.35. The highest BCUT2D eigenvalue weighted by Gasteiger charge is 2.20. The number of hydrogen-bond donors (Lipinski definition) is 0. The Morgan fingerprint density at radius 1 is 0.741 bits per heavy atom. The van der Waals surface area contributed by atoms with Crippen molar-refractivity contribution in [3.8, 4) is 17.2 Å². The molecule has 0 unspecified atom stereocenters. The summed E-state index contributed by atoms with van der Waals surface area (Å²) in [6.45, 7) is 5.99. The minimum atomic E-state index is 0.691. The van der Waals surface area contributed by atoms with Gasteiger partial charge in [0.05, 0.1) is 21.3 Å². The van der Waals surface area contributed by atoms with Crippen molar-refractivity contribution < 1.29 is 14.2 Å². The van der Waals surface area contributed by atoms with Crippen LogP contribution in [0.1, 0.15) is 11.1 Å². The van der Waals surface area contributed by atoms with Crippen LogP contribution in [0.5, 0.6) is 17.2 Å². The number of piperazine rings is 1. The molecule has 0 N–H and O–H groups in total. The Balaban J connectivity index is 1.61. The molecule has 2 aromatic carbocycles. The quantitative estimate of drug-likeness (QED) is 0.661. The number of benzene rings is 2. The van der Waals surface area contributed by atoms with Crippen molar-refractivity contribution in [3.63, 3.8) is 0 Å². The van der Waals surface area contributed by atoms with E-state index in [9.17, 15) is 0 Å². The van der Waals surface area contributed by atoms with Crippen molar-refractivity contribution in [1.29, 1.82) is 0 Å². The molecule has 1 saturated heterocycles. The van der Waals surface area contributed by atoms with Crippen LogP contribution in [0.2, 0.25) is 0 Å². The van der Waals surface area contributed by atoms with E-state index in [-0.39, 0.29) is 0 Å². The Hall–Kier alpha value is -1.76. The van der Waals surface area contributed by atoms with Gasteiger partial charge in [-0.1, -0.05) is 34.1 Å². The van der Waals surface area contributed by atoms with Gasteiger partial charge in [0.25, 0.3) is 0 Å². The van der Waals surface area contributed by atoms with Gasteiger partial charge in [0.15, 0.2) is 11.5 Å². The van der Waals surface area contributed by atoms with Gasteiger partial charge in [-0.05, 0) is 17.7 Å². The summed E-state index contributed by atoms with van der Waals surface area (Å²) in [7, 11) is 5.00. The second-order valence-electron chi connectivity index (χ2n) is 6.66. The van der Waals surface area contributed by atoms with Crippen molar-refractivity contribution in [3.05, 3.63) is 52.0 Å². The van der Waals surface area contributed by atoms with Gasteiger partial charge in [0.1, 0.15) is 5.75 Å². The van der Waals surface area contributed by atoms with Gasteiger partial charge >= 0.3 is 0 Å². The molecule has 0 spiro atoms. The lowest BCUT2D eigenvalue weighted by molar-refractivity contribution is 0.121. The zero-order valence-electron chi connectivity index (χ0n) is 16.2. The summed E-state index contributed by atoms with van der Waals surface area (Å²) >= 11 is 3.65. The monoisotopic (exact) mass is 434 g/mol. The molecular formula is C21H27BrN2O3. The van der Waals surface area contributed by atoms with Crippen LogP contribution in [0.4, 0.5) is 0 Å². The first-order valence-corrected chi connectivity index (χ1v) is 9.91. The zero-order chi connectivity index (χ0) is 19.2. The average Bonchev–Trinajstić information content (AvgIpc) is 2.70. The Bertz CT molecular complexity index is 761. The molecular weight excluding hydrogens is 408 g/mol. The molecule has 0 saturated carbocycles. The third-order valence-corrected chi connectivity index (χ3v) is 5.77. The maximum atomic E-state index is 5.56. The van der Waals surface area contributed by atoms with E-state index in [1.807, 2.05) is 12.1 Å². The minimum Gasteiger partial charge on any atom is -0.496 e. The van der Waals surface area contributed by atoms with E-state index >= 15 is 0 Å². The van der Waals surface area contributed by atoms with Gasteiger partial charge in [-0.25, -0.2) is 0 Å². The van der Waals surface area contributed by atoms with Crippen LogP contribution in [0.25, 0.3) is 0 Å². The molecule has 3 rings (SSSR count). The topological polar surface area (TPSA) is 34.2 Å². The minimum absolute atomic E-state index is 0.691. The summed E-state index contributed by atoms with van der Waals surface area (Å²) in [5, 5.41) is 0. The van der Waals surface area contributed by atoms with E-state index in [2.05, 4.69) is 50.0 Å². The molecule has 0 radical (unpaired) electrons. The second-order valence-corrected chi connectivity index (χ2v) is 7.52. The molecule has 0 aromatic heterocycles. The molecule has 0 atom stereocenters. The molecule has 1 aliphatic rings. The first-order valence-electron chi connectivity index (χ1n) is 9.11. The van der Waals surface area contributed by atoms with Crippen LogP contribution in [0.15, 0.2) is 40.9 Å². The van der Waals surface area contributed by atoms with Crippen LogP contribution in [0, 0.1) is 0 Å². The highest BCUT2D eigenvalue weighted by atomic mass is 79.9. The summed E-state index contributed by atoms with van der Waals surface area (Å²) < 4.78 is 17.6. The molecule has 6 heteroatoms. The van der Waals surface area contributed by atoms with Crippen molar-refractivity contribution in [2.24, 2.45) is 0 Å². The van der Waals surface area contributed by atoms with Gasteiger partial charge in [0.2, 0.25) is 0 Å². The van der Waals surface area contributed by atoms with Crippen molar-refractivity contribution in [2.75, 3.05) is 47.5 Å². The van der Waals surface area contributed by atoms with Crippen LogP contribution in [0.3, 0.4) is 0 Å². The molecule has 2 aromatic rings. The average molecular weight is 435 g/mol. The van der Waals surface area contributed by atoms with E-state index in [0.717, 1.165) is 56.3 Å². The lowest BCUT2D eigenvalue weighted by atomic mass is 10.1. The molecule has 1 heterocycles. The first-order chi connectivity index (χ1) is 13.1. The molecule has 1 fully saturated rings. The number of hydrogen-bond acceptors (Lipinski definition) is 5. The maximum Gasteiger partial charge on any atom is 0.164 e. The van der Waals surface area contributed by atoms with E-state index in [4.69, 9.17) is 14.2 Å². The van der Waals surface area contributed by atoms with Crippen LogP contribution >= 0.6 is 15.9 Å². The number of ether oxygens (including phenoxy) is 3. The van der Waals surface area contributed by atoms with Gasteiger partial charge in [-0.3, -0.25) is 9.80 Å². The molecule has 27 heavy (non-hydrogen) atoms. The van der Waals surface area contributed by atoms with E-state index in [0.29, 0.717) is 5.75 Å². The first kappa shape index (κ1) is 20.0. The summed E-state index contributed by atoms with van der Waals surface area (Å²) in [4.78, 5) is 4.96. The fraction of sp³-hybridized carbons (Fsp3) is 0.429. The molecule has 146 valence electrons. The smallest absolute Gasteiger partial charge is 0.164 e. The second kappa shape index (κ2) is 9.44. The lowest BCUT2D eigenvalue weighted by Crippen LogP contribution is -2.45. The van der Waals surface area contributed by atoms with Crippen LogP contribution < -0.4 is 14.2 Å². The summed E-state index contributed by atoms with van der Waals surface area (Å²) in [6, 6.07) is 12.4. The molecule has 0 bridgehead atoms. The van der Waals surface area contributed by atoms with Crippen molar-refractivity contribution in [1.82, 2.24) is 9.80 Å². The molecule has 0 aliphatic carbocycles. The third-order valence-electron chi connectivity index (χ3n) is 5.00. The maximum absolute atomic E-state index is 5.56. The van der Waals surface area contributed by atoms with Crippen LogP contribution in [-0.4, -0.2) is 57.3 Å². The standard InChI is InChI=1S/C21H27BrN2O3/c1-25-19-13-21(27-3)20(26-2)12-17(19)15-24-10-8-23(9-11-24)14-16-6-4-5-7-18(16)22/h4-7,12-13H,8-11,14-15H2,1-3H3. The van der Waals surface area contributed by atoms with Gasteiger partial charge in [0, 0.05) is 55.4 Å². The highest BCUT2D eigenvalue weighted by molar-refractivity contribution is 9.10. The fourth-order valence-corrected chi connectivity index (χ4v) is 3.84. The normalized spacial score (nSPS) is 15.6. The predicted molar refractivity (Wildman–Crippen MR) is 111 cm³/mol. The predicted octanol–water partition coefficient (Wildman–Crippen LogP) is 3.79. The Morgan fingerprint density at radius 2 is 1.26 bits per heavy atom.